The average molecular weight is 208 g/mol. The summed E-state index contributed by atoms with van der Waals surface area (Å²) in [6.07, 6.45) is 2.12. The highest BCUT2D eigenvalue weighted by Crippen LogP contribution is 2.23. The zero-order valence-electron chi connectivity index (χ0n) is 8.68. The molecule has 1 atom stereocenters. The van der Waals surface area contributed by atoms with Gasteiger partial charge in [0.2, 0.25) is 0 Å². The summed E-state index contributed by atoms with van der Waals surface area (Å²) in [5.74, 6) is 0.985. The van der Waals surface area contributed by atoms with Crippen LogP contribution in [0, 0.1) is 0 Å². The molecule has 5 heteroatoms. The number of anilines is 1. The third kappa shape index (κ3) is 1.72. The molecule has 1 aromatic heterocycles. The molecule has 2 aliphatic heterocycles. The van der Waals surface area contributed by atoms with Crippen molar-refractivity contribution in [1.29, 1.82) is 0 Å². The van der Waals surface area contributed by atoms with E-state index in [4.69, 9.17) is 4.74 Å². The molecule has 15 heavy (non-hydrogen) atoms. The number of rotatable bonds is 2. The molecule has 0 amide bonds. The van der Waals surface area contributed by atoms with Gasteiger partial charge in [-0.25, -0.2) is 0 Å². The maximum absolute atomic E-state index is 5.44. The molecule has 0 saturated carbocycles. The van der Waals surface area contributed by atoms with Gasteiger partial charge in [-0.1, -0.05) is 0 Å². The lowest BCUT2D eigenvalue weighted by Crippen LogP contribution is -2.23. The fourth-order valence-electron chi connectivity index (χ4n) is 2.20. The predicted molar refractivity (Wildman–Crippen MR) is 56.8 cm³/mol. The molecule has 1 saturated heterocycles. The minimum Gasteiger partial charge on any atom is -0.376 e. The van der Waals surface area contributed by atoms with E-state index in [1.165, 1.54) is 17.7 Å². The molecule has 3 heterocycles. The molecule has 1 fully saturated rings. The van der Waals surface area contributed by atoms with Crippen LogP contribution >= 0.6 is 0 Å². The van der Waals surface area contributed by atoms with E-state index in [0.717, 1.165) is 31.9 Å². The molecule has 0 aliphatic carbocycles. The maximum Gasteiger partial charge on any atom is 0.153 e. The lowest BCUT2D eigenvalue weighted by molar-refractivity contribution is 0.110. The molecular weight excluding hydrogens is 192 g/mol. The summed E-state index contributed by atoms with van der Waals surface area (Å²) in [5.41, 5.74) is 2.45. The summed E-state index contributed by atoms with van der Waals surface area (Å²) in [7, 11) is 0. The van der Waals surface area contributed by atoms with Gasteiger partial charge in [-0.15, -0.1) is 0 Å². The van der Waals surface area contributed by atoms with E-state index in [0.29, 0.717) is 12.6 Å². The second-order valence-electron chi connectivity index (χ2n) is 4.17. The number of aromatic amines is 1. The Bertz CT molecular complexity index is 343. The van der Waals surface area contributed by atoms with Crippen molar-refractivity contribution in [3.63, 3.8) is 0 Å². The highest BCUT2D eigenvalue weighted by molar-refractivity contribution is 5.47. The number of ether oxygens (including phenoxy) is 1. The van der Waals surface area contributed by atoms with Gasteiger partial charge in [-0.2, -0.15) is 5.10 Å². The van der Waals surface area contributed by atoms with Gasteiger partial charge in [0.25, 0.3) is 0 Å². The Balaban J connectivity index is 1.76. The summed E-state index contributed by atoms with van der Waals surface area (Å²) in [6, 6.07) is 0.513. The summed E-state index contributed by atoms with van der Waals surface area (Å²) < 4.78 is 5.44. The third-order valence-electron chi connectivity index (χ3n) is 3.10. The summed E-state index contributed by atoms with van der Waals surface area (Å²) in [5, 5.41) is 14.2. The first-order valence-electron chi connectivity index (χ1n) is 5.54. The monoisotopic (exact) mass is 208 g/mol. The van der Waals surface area contributed by atoms with E-state index in [9.17, 15) is 0 Å². The van der Waals surface area contributed by atoms with Crippen LogP contribution in [0.25, 0.3) is 0 Å². The van der Waals surface area contributed by atoms with Crippen molar-refractivity contribution < 1.29 is 4.74 Å². The van der Waals surface area contributed by atoms with Gasteiger partial charge in [0.05, 0.1) is 13.2 Å². The first-order chi connectivity index (χ1) is 7.43. The van der Waals surface area contributed by atoms with Crippen molar-refractivity contribution in [2.75, 3.05) is 25.0 Å². The van der Waals surface area contributed by atoms with Crippen LogP contribution in [-0.4, -0.2) is 35.9 Å². The van der Waals surface area contributed by atoms with Gasteiger partial charge >= 0.3 is 0 Å². The average Bonchev–Trinajstić information content (AvgIpc) is 2.89. The standard InChI is InChI=1S/C10H16N4O/c1-3-11-5-7(1)12-10-8-6-15-4-2-9(8)13-14-10/h7,11H,1-6H2,(H2,12,13,14). The Morgan fingerprint density at radius 2 is 2.47 bits per heavy atom. The highest BCUT2D eigenvalue weighted by atomic mass is 16.5. The molecular formula is C10H16N4O. The van der Waals surface area contributed by atoms with E-state index in [1.807, 2.05) is 0 Å². The second kappa shape index (κ2) is 3.83. The summed E-state index contributed by atoms with van der Waals surface area (Å²) in [4.78, 5) is 0. The lowest BCUT2D eigenvalue weighted by atomic mass is 10.1. The minimum absolute atomic E-state index is 0.513. The molecule has 0 bridgehead atoms. The van der Waals surface area contributed by atoms with Crippen molar-refractivity contribution in [1.82, 2.24) is 15.5 Å². The molecule has 3 N–H and O–H groups in total. The Hall–Kier alpha value is -1.07. The number of nitrogens with zero attached hydrogens (tertiary/aromatic N) is 1. The van der Waals surface area contributed by atoms with Crippen LogP contribution in [0.15, 0.2) is 0 Å². The van der Waals surface area contributed by atoms with Gasteiger partial charge in [0.1, 0.15) is 0 Å². The fourth-order valence-corrected chi connectivity index (χ4v) is 2.20. The predicted octanol–water partition coefficient (Wildman–Crippen LogP) is 0.256. The van der Waals surface area contributed by atoms with Gasteiger partial charge in [0, 0.05) is 30.3 Å². The Labute approximate surface area is 88.6 Å². The number of hydrogen-bond acceptors (Lipinski definition) is 4. The Morgan fingerprint density at radius 3 is 3.33 bits per heavy atom. The minimum atomic E-state index is 0.513. The van der Waals surface area contributed by atoms with Crippen LogP contribution in [0.1, 0.15) is 17.7 Å². The molecule has 2 aliphatic rings. The molecule has 1 aromatic rings. The number of fused-ring (bicyclic) bond motifs is 1. The lowest BCUT2D eigenvalue weighted by Gasteiger charge is -2.15. The molecule has 5 nitrogen and oxygen atoms in total. The SMILES string of the molecule is C1CC(Nc2n[nH]c3c2COCC3)CN1. The zero-order chi connectivity index (χ0) is 10.1. The third-order valence-corrected chi connectivity index (χ3v) is 3.10. The van der Waals surface area contributed by atoms with Crippen LogP contribution in [0.3, 0.4) is 0 Å². The maximum atomic E-state index is 5.44. The fraction of sp³-hybridized carbons (Fsp3) is 0.700. The van der Waals surface area contributed by atoms with Crippen molar-refractivity contribution in [2.24, 2.45) is 0 Å². The number of nitrogens with one attached hydrogen (secondary N) is 3. The van der Waals surface area contributed by atoms with Crippen LogP contribution in [0.2, 0.25) is 0 Å². The zero-order valence-corrected chi connectivity index (χ0v) is 8.68. The summed E-state index contributed by atoms with van der Waals surface area (Å²) >= 11 is 0. The van der Waals surface area contributed by atoms with Gasteiger partial charge in [-0.3, -0.25) is 5.10 Å². The molecule has 0 spiro atoms. The van der Waals surface area contributed by atoms with Crippen molar-refractivity contribution in [3.8, 4) is 0 Å². The first kappa shape index (κ1) is 9.18. The van der Waals surface area contributed by atoms with E-state index >= 15 is 0 Å². The molecule has 82 valence electrons. The number of hydrogen-bond donors (Lipinski definition) is 3. The van der Waals surface area contributed by atoms with Gasteiger partial charge in [0.15, 0.2) is 5.82 Å². The van der Waals surface area contributed by atoms with Crippen molar-refractivity contribution >= 4 is 5.82 Å². The van der Waals surface area contributed by atoms with E-state index in [1.54, 1.807) is 0 Å². The largest absolute Gasteiger partial charge is 0.376 e. The van der Waals surface area contributed by atoms with Crippen LogP contribution in [-0.2, 0) is 17.8 Å². The van der Waals surface area contributed by atoms with Crippen molar-refractivity contribution in [3.05, 3.63) is 11.3 Å². The Morgan fingerprint density at radius 1 is 1.47 bits per heavy atom. The van der Waals surface area contributed by atoms with Crippen LogP contribution in [0.5, 0.6) is 0 Å². The van der Waals surface area contributed by atoms with Gasteiger partial charge < -0.3 is 15.4 Å². The van der Waals surface area contributed by atoms with Gasteiger partial charge in [-0.05, 0) is 13.0 Å². The second-order valence-corrected chi connectivity index (χ2v) is 4.17. The summed E-state index contributed by atoms with van der Waals surface area (Å²) in [6.45, 7) is 3.62. The molecule has 0 radical (unpaired) electrons. The molecule has 1 unspecified atom stereocenters. The van der Waals surface area contributed by atoms with Crippen LogP contribution in [0.4, 0.5) is 5.82 Å². The highest BCUT2D eigenvalue weighted by Gasteiger charge is 2.21. The first-order valence-corrected chi connectivity index (χ1v) is 5.54. The molecule has 0 aromatic carbocycles. The number of aromatic nitrogens is 2. The smallest absolute Gasteiger partial charge is 0.153 e. The Kier molecular flexibility index (Phi) is 2.34. The number of H-pyrrole nitrogens is 1. The van der Waals surface area contributed by atoms with E-state index in [2.05, 4.69) is 20.8 Å². The van der Waals surface area contributed by atoms with E-state index in [-0.39, 0.29) is 0 Å². The van der Waals surface area contributed by atoms with Crippen molar-refractivity contribution in [2.45, 2.75) is 25.5 Å². The van der Waals surface area contributed by atoms with Crippen LogP contribution < -0.4 is 10.6 Å². The normalized spacial score (nSPS) is 25.2. The topological polar surface area (TPSA) is 62.0 Å². The van der Waals surface area contributed by atoms with E-state index < -0.39 is 0 Å². The molecule has 3 rings (SSSR count). The quantitative estimate of drug-likeness (QED) is 0.652.